The van der Waals surface area contributed by atoms with E-state index >= 15 is 0 Å². The van der Waals surface area contributed by atoms with E-state index in [0.29, 0.717) is 50.3 Å². The number of nitrogens with one attached hydrogen (secondary N) is 1. The van der Waals surface area contributed by atoms with Crippen molar-refractivity contribution in [2.24, 2.45) is 0 Å². The van der Waals surface area contributed by atoms with Crippen molar-refractivity contribution in [1.29, 1.82) is 0 Å². The molecule has 0 atom stereocenters. The molecule has 0 aliphatic carbocycles. The highest BCUT2D eigenvalue weighted by molar-refractivity contribution is 7.15. The van der Waals surface area contributed by atoms with Crippen molar-refractivity contribution >= 4 is 39.6 Å². The molecule has 0 aromatic carbocycles. The lowest BCUT2D eigenvalue weighted by Crippen LogP contribution is -2.40. The number of aryl methyl sites for hydroxylation is 1. The van der Waals surface area contributed by atoms with E-state index in [1.807, 2.05) is 11.8 Å². The van der Waals surface area contributed by atoms with Crippen LogP contribution in [0.3, 0.4) is 0 Å². The lowest BCUT2D eigenvalue weighted by atomic mass is 9.97. The largest absolute Gasteiger partial charge is 0.382 e. The second-order valence-electron chi connectivity index (χ2n) is 7.19. The molecule has 10 nitrogen and oxygen atoms in total. The lowest BCUT2D eigenvalue weighted by Gasteiger charge is -2.31. The van der Waals surface area contributed by atoms with Crippen LogP contribution in [0.2, 0.25) is 0 Å². The maximum absolute atomic E-state index is 12.4. The Morgan fingerprint density at radius 2 is 1.91 bits per heavy atom. The number of hydrogen-bond acceptors (Lipinski definition) is 10. The highest BCUT2D eigenvalue weighted by Crippen LogP contribution is 2.30. The van der Waals surface area contributed by atoms with E-state index in [0.717, 1.165) is 29.3 Å². The standard InChI is InChI=1S/C20H29N5O5S2/c1-3-16-23-24-20(32-16)22-18(27)15-13-31-19(21-15)14-4-6-25(7-5-14)17(26)12-30-11-10-29-9-8-28-2/h13-14H,3-12H2,1-2H3,(H,22,24,27). The average molecular weight is 484 g/mol. The quantitative estimate of drug-likeness (QED) is 0.457. The van der Waals surface area contributed by atoms with Crippen LogP contribution in [-0.4, -0.2) is 85.1 Å². The van der Waals surface area contributed by atoms with E-state index in [-0.39, 0.29) is 24.3 Å². The van der Waals surface area contributed by atoms with Gasteiger partial charge in [0.1, 0.15) is 17.3 Å². The monoisotopic (exact) mass is 483 g/mol. The topological polar surface area (TPSA) is 116 Å². The number of piperidine rings is 1. The summed E-state index contributed by atoms with van der Waals surface area (Å²) in [5, 5.41) is 14.8. The van der Waals surface area contributed by atoms with Crippen molar-refractivity contribution in [2.45, 2.75) is 32.1 Å². The average Bonchev–Trinajstić information content (AvgIpc) is 3.48. The molecule has 1 fully saturated rings. The zero-order valence-corrected chi connectivity index (χ0v) is 20.0. The Bertz CT molecular complexity index is 866. The van der Waals surface area contributed by atoms with Crippen LogP contribution in [0, 0.1) is 0 Å². The first-order valence-corrected chi connectivity index (χ1v) is 12.3. The molecule has 1 N–H and O–H groups in total. The van der Waals surface area contributed by atoms with Crippen molar-refractivity contribution in [3.05, 3.63) is 21.1 Å². The predicted molar refractivity (Wildman–Crippen MR) is 121 cm³/mol. The molecule has 1 aliphatic heterocycles. The van der Waals surface area contributed by atoms with Gasteiger partial charge in [0.2, 0.25) is 11.0 Å². The maximum atomic E-state index is 12.4. The smallest absolute Gasteiger partial charge is 0.276 e. The molecule has 2 amide bonds. The van der Waals surface area contributed by atoms with Crippen molar-refractivity contribution in [3.8, 4) is 0 Å². The van der Waals surface area contributed by atoms with Gasteiger partial charge in [-0.2, -0.15) is 0 Å². The Morgan fingerprint density at radius 1 is 1.16 bits per heavy atom. The number of nitrogens with zero attached hydrogens (tertiary/aromatic N) is 4. The number of anilines is 1. The fraction of sp³-hybridized carbons (Fsp3) is 0.650. The zero-order valence-electron chi connectivity index (χ0n) is 18.4. The number of amides is 2. The first kappa shape index (κ1) is 24.6. The molecule has 1 saturated heterocycles. The van der Waals surface area contributed by atoms with Gasteiger partial charge in [0.15, 0.2) is 0 Å². The van der Waals surface area contributed by atoms with Gasteiger partial charge in [-0.25, -0.2) is 4.98 Å². The number of ether oxygens (including phenoxy) is 3. The van der Waals surface area contributed by atoms with Gasteiger partial charge in [0.25, 0.3) is 5.91 Å². The number of thiazole rings is 1. The second-order valence-corrected chi connectivity index (χ2v) is 9.14. The Labute approximate surface area is 195 Å². The Balaban J connectivity index is 1.38. The second kappa shape index (κ2) is 12.9. The molecule has 3 rings (SSSR count). The molecule has 2 aromatic heterocycles. The molecule has 1 aliphatic rings. The molecular formula is C20H29N5O5S2. The molecule has 0 bridgehead atoms. The number of rotatable bonds is 12. The minimum atomic E-state index is -0.276. The molecule has 0 unspecified atom stereocenters. The number of aromatic nitrogens is 3. The summed E-state index contributed by atoms with van der Waals surface area (Å²) in [7, 11) is 1.62. The molecular weight excluding hydrogens is 454 g/mol. The summed E-state index contributed by atoms with van der Waals surface area (Å²) in [6, 6.07) is 0. The Hall–Kier alpha value is -1.99. The molecule has 0 saturated carbocycles. The number of methoxy groups -OCH3 is 1. The molecule has 2 aromatic rings. The normalized spacial score (nSPS) is 14.6. The fourth-order valence-corrected chi connectivity index (χ4v) is 4.82. The summed E-state index contributed by atoms with van der Waals surface area (Å²) in [6.07, 6.45) is 2.42. The predicted octanol–water partition coefficient (Wildman–Crippen LogP) is 2.19. The van der Waals surface area contributed by atoms with Gasteiger partial charge in [-0.1, -0.05) is 18.3 Å². The fourth-order valence-electron chi connectivity index (χ4n) is 3.18. The van der Waals surface area contributed by atoms with Crippen LogP contribution in [0.4, 0.5) is 5.13 Å². The zero-order chi connectivity index (χ0) is 22.8. The highest BCUT2D eigenvalue weighted by Gasteiger charge is 2.26. The third-order valence-corrected chi connectivity index (χ3v) is 6.96. The van der Waals surface area contributed by atoms with Crippen molar-refractivity contribution in [2.75, 3.05) is 58.6 Å². The van der Waals surface area contributed by atoms with E-state index in [1.165, 1.54) is 22.7 Å². The van der Waals surface area contributed by atoms with Gasteiger partial charge in [-0.15, -0.1) is 21.5 Å². The lowest BCUT2D eigenvalue weighted by molar-refractivity contribution is -0.137. The van der Waals surface area contributed by atoms with Gasteiger partial charge >= 0.3 is 0 Å². The third-order valence-electron chi connectivity index (χ3n) is 4.97. The Morgan fingerprint density at radius 3 is 2.62 bits per heavy atom. The van der Waals surface area contributed by atoms with Crippen molar-refractivity contribution in [3.63, 3.8) is 0 Å². The van der Waals surface area contributed by atoms with Gasteiger partial charge in [0, 0.05) is 31.5 Å². The minimum absolute atomic E-state index is 0.0111. The van der Waals surface area contributed by atoms with E-state index in [2.05, 4.69) is 20.5 Å². The van der Waals surface area contributed by atoms with Crippen LogP contribution in [-0.2, 0) is 25.4 Å². The summed E-state index contributed by atoms with van der Waals surface area (Å²) < 4.78 is 15.6. The maximum Gasteiger partial charge on any atom is 0.276 e. The van der Waals surface area contributed by atoms with Gasteiger partial charge < -0.3 is 19.1 Å². The summed E-state index contributed by atoms with van der Waals surface area (Å²) in [5.41, 5.74) is 0.387. The minimum Gasteiger partial charge on any atom is -0.382 e. The molecule has 176 valence electrons. The first-order chi connectivity index (χ1) is 15.6. The Kier molecular flexibility index (Phi) is 9.93. The van der Waals surface area contributed by atoms with Gasteiger partial charge in [-0.3, -0.25) is 14.9 Å². The third kappa shape index (κ3) is 7.27. The summed E-state index contributed by atoms with van der Waals surface area (Å²) in [5.74, 6) is -0.0424. The number of carbonyl (C=O) groups is 2. The molecule has 0 spiro atoms. The highest BCUT2D eigenvalue weighted by atomic mass is 32.1. The van der Waals surface area contributed by atoms with E-state index in [1.54, 1.807) is 12.5 Å². The van der Waals surface area contributed by atoms with Crippen LogP contribution < -0.4 is 5.32 Å². The van der Waals surface area contributed by atoms with Crippen LogP contribution >= 0.6 is 22.7 Å². The molecule has 0 radical (unpaired) electrons. The molecule has 32 heavy (non-hydrogen) atoms. The van der Waals surface area contributed by atoms with Crippen LogP contribution in [0.1, 0.15) is 46.2 Å². The van der Waals surface area contributed by atoms with Crippen molar-refractivity contribution in [1.82, 2.24) is 20.1 Å². The first-order valence-electron chi connectivity index (χ1n) is 10.6. The number of carbonyl (C=O) groups excluding carboxylic acids is 2. The van der Waals surface area contributed by atoms with E-state index < -0.39 is 0 Å². The van der Waals surface area contributed by atoms with Gasteiger partial charge in [0.05, 0.1) is 31.4 Å². The van der Waals surface area contributed by atoms with Crippen LogP contribution in [0.5, 0.6) is 0 Å². The van der Waals surface area contributed by atoms with Crippen molar-refractivity contribution < 1.29 is 23.8 Å². The van der Waals surface area contributed by atoms with Gasteiger partial charge in [-0.05, 0) is 19.3 Å². The molecule has 12 heteroatoms. The SMILES string of the molecule is CCc1nnc(NC(=O)c2csc(C3CCN(C(=O)COCCOCCOC)CC3)n2)s1. The van der Waals surface area contributed by atoms with E-state index in [9.17, 15) is 9.59 Å². The van der Waals surface area contributed by atoms with Crippen LogP contribution in [0.25, 0.3) is 0 Å². The summed E-state index contributed by atoms with van der Waals surface area (Å²) in [4.78, 5) is 31.1. The summed E-state index contributed by atoms with van der Waals surface area (Å²) >= 11 is 2.85. The molecule has 3 heterocycles. The number of hydrogen-bond donors (Lipinski definition) is 1. The number of likely N-dealkylation sites (tertiary alicyclic amines) is 1. The summed E-state index contributed by atoms with van der Waals surface area (Å²) in [6.45, 7) is 5.25. The van der Waals surface area contributed by atoms with Crippen LogP contribution in [0.15, 0.2) is 5.38 Å². The van der Waals surface area contributed by atoms with E-state index in [4.69, 9.17) is 14.2 Å².